The second-order valence-electron chi connectivity index (χ2n) is 4.32. The van der Waals surface area contributed by atoms with Gasteiger partial charge in [0, 0.05) is 12.1 Å². The summed E-state index contributed by atoms with van der Waals surface area (Å²) in [6, 6.07) is 3.15. The van der Waals surface area contributed by atoms with E-state index in [4.69, 9.17) is 22.5 Å². The van der Waals surface area contributed by atoms with Crippen LogP contribution >= 0.6 is 12.2 Å². The molecule has 0 atom stereocenters. The Morgan fingerprint density at radius 3 is 2.83 bits per heavy atom. The highest BCUT2D eigenvalue weighted by Crippen LogP contribution is 2.15. The summed E-state index contributed by atoms with van der Waals surface area (Å²) in [7, 11) is 0. The van der Waals surface area contributed by atoms with E-state index in [1.165, 1.54) is 6.07 Å². The van der Waals surface area contributed by atoms with E-state index in [-0.39, 0.29) is 10.3 Å². The quantitative estimate of drug-likeness (QED) is 0.824. The highest BCUT2D eigenvalue weighted by atomic mass is 32.1. The normalized spacial score (nSPS) is 11.1. The molecular formula is C11H14N4O2S. The van der Waals surface area contributed by atoms with Crippen molar-refractivity contribution in [2.24, 2.45) is 0 Å². The Bertz CT molecular complexity index is 668. The van der Waals surface area contributed by atoms with Gasteiger partial charge in [-0.15, -0.1) is 0 Å². The Balaban J connectivity index is 2.34. The van der Waals surface area contributed by atoms with Crippen molar-refractivity contribution in [3.63, 3.8) is 0 Å². The summed E-state index contributed by atoms with van der Waals surface area (Å²) in [4.78, 5) is 13.7. The number of rotatable bonds is 3. The zero-order valence-corrected chi connectivity index (χ0v) is 11.0. The van der Waals surface area contributed by atoms with Crippen LogP contribution in [0.5, 0.6) is 0 Å². The maximum atomic E-state index is 11.2. The van der Waals surface area contributed by atoms with Crippen molar-refractivity contribution in [2.45, 2.75) is 26.3 Å². The molecule has 2 aromatic heterocycles. The topological polar surface area (TPSA) is 89.8 Å². The average molecular weight is 266 g/mol. The predicted molar refractivity (Wildman–Crippen MR) is 70.0 cm³/mol. The van der Waals surface area contributed by atoms with Crippen molar-refractivity contribution in [1.82, 2.24) is 14.7 Å². The number of nitrogens with zero attached hydrogens (tertiary/aromatic N) is 2. The molecule has 7 heteroatoms. The van der Waals surface area contributed by atoms with Gasteiger partial charge in [-0.1, -0.05) is 19.0 Å². The van der Waals surface area contributed by atoms with Gasteiger partial charge in [0.2, 0.25) is 0 Å². The summed E-state index contributed by atoms with van der Waals surface area (Å²) in [6.45, 7) is 4.41. The lowest BCUT2D eigenvalue weighted by atomic mass is 10.1. The van der Waals surface area contributed by atoms with Crippen LogP contribution in [0, 0.1) is 4.77 Å². The molecule has 0 bridgehead atoms. The number of H-pyrrole nitrogens is 1. The van der Waals surface area contributed by atoms with E-state index in [1.54, 1.807) is 4.57 Å². The van der Waals surface area contributed by atoms with Gasteiger partial charge in [-0.3, -0.25) is 14.3 Å². The number of nitrogens with one attached hydrogen (secondary N) is 1. The van der Waals surface area contributed by atoms with Crippen LogP contribution in [0.2, 0.25) is 0 Å². The summed E-state index contributed by atoms with van der Waals surface area (Å²) < 4.78 is 7.06. The summed E-state index contributed by atoms with van der Waals surface area (Å²) in [6.07, 6.45) is 0. The van der Waals surface area contributed by atoms with Gasteiger partial charge in [0.25, 0.3) is 5.56 Å². The molecule has 2 rings (SSSR count). The molecule has 6 nitrogen and oxygen atoms in total. The van der Waals surface area contributed by atoms with Crippen molar-refractivity contribution in [1.29, 1.82) is 0 Å². The molecule has 0 aromatic carbocycles. The molecule has 0 saturated carbocycles. The number of hydrogen-bond donors (Lipinski definition) is 2. The van der Waals surface area contributed by atoms with Crippen LogP contribution in [-0.2, 0) is 6.54 Å². The molecule has 0 spiro atoms. The highest BCUT2D eigenvalue weighted by molar-refractivity contribution is 7.71. The number of anilines is 1. The second-order valence-corrected chi connectivity index (χ2v) is 4.71. The lowest BCUT2D eigenvalue weighted by Gasteiger charge is -2.06. The first-order valence-corrected chi connectivity index (χ1v) is 5.93. The zero-order chi connectivity index (χ0) is 13.3. The van der Waals surface area contributed by atoms with Gasteiger partial charge < -0.3 is 10.3 Å². The Kier molecular flexibility index (Phi) is 3.33. The zero-order valence-electron chi connectivity index (χ0n) is 10.1. The molecule has 0 aliphatic carbocycles. The fraction of sp³-hybridized carbons (Fsp3) is 0.364. The predicted octanol–water partition coefficient (Wildman–Crippen LogP) is 1.65. The van der Waals surface area contributed by atoms with Crippen LogP contribution in [0.25, 0.3) is 0 Å². The minimum absolute atomic E-state index is 0.266. The number of aromatic amines is 1. The first-order valence-electron chi connectivity index (χ1n) is 5.52. The van der Waals surface area contributed by atoms with E-state index in [2.05, 4.69) is 10.1 Å². The van der Waals surface area contributed by atoms with Gasteiger partial charge >= 0.3 is 0 Å². The van der Waals surface area contributed by atoms with Crippen molar-refractivity contribution < 1.29 is 4.52 Å². The van der Waals surface area contributed by atoms with Gasteiger partial charge in [0.05, 0.1) is 12.2 Å². The molecule has 0 radical (unpaired) electrons. The maximum absolute atomic E-state index is 11.2. The molecule has 0 aliphatic heterocycles. The van der Waals surface area contributed by atoms with Gasteiger partial charge in [0.1, 0.15) is 5.82 Å². The minimum Gasteiger partial charge on any atom is -0.385 e. The summed E-state index contributed by atoms with van der Waals surface area (Å²) >= 11 is 5.05. The minimum atomic E-state index is -0.311. The van der Waals surface area contributed by atoms with Crippen LogP contribution in [0.4, 0.5) is 5.82 Å². The van der Waals surface area contributed by atoms with E-state index in [9.17, 15) is 4.79 Å². The summed E-state index contributed by atoms with van der Waals surface area (Å²) in [5.74, 6) is 1.24. The Labute approximate surface area is 108 Å². The van der Waals surface area contributed by atoms with Crippen LogP contribution in [0.3, 0.4) is 0 Å². The van der Waals surface area contributed by atoms with Gasteiger partial charge in [0.15, 0.2) is 10.5 Å². The van der Waals surface area contributed by atoms with Gasteiger partial charge in [-0.2, -0.15) is 0 Å². The third-order valence-corrected chi connectivity index (χ3v) is 2.87. The van der Waals surface area contributed by atoms with Crippen molar-refractivity contribution in [3.8, 4) is 0 Å². The molecule has 0 aliphatic rings. The molecule has 18 heavy (non-hydrogen) atoms. The summed E-state index contributed by atoms with van der Waals surface area (Å²) in [5.41, 5.74) is 6.31. The average Bonchev–Trinajstić information content (AvgIpc) is 2.71. The monoisotopic (exact) mass is 266 g/mol. The number of nitrogen functional groups attached to an aromatic ring is 1. The standard InChI is InChI=1S/C11H14N4O2S/c1-6(2)8-3-7(17-14-8)5-15-9(12)4-10(16)13-11(15)18/h3-4,6H,5,12H2,1-2H3,(H,13,16,18). The van der Waals surface area contributed by atoms with E-state index in [0.29, 0.717) is 24.0 Å². The van der Waals surface area contributed by atoms with Crippen LogP contribution in [0.1, 0.15) is 31.2 Å². The van der Waals surface area contributed by atoms with Crippen molar-refractivity contribution >= 4 is 18.0 Å². The third kappa shape index (κ3) is 2.51. The first-order chi connectivity index (χ1) is 8.47. The molecule has 0 saturated heterocycles. The maximum Gasteiger partial charge on any atom is 0.253 e. The lowest BCUT2D eigenvalue weighted by Crippen LogP contribution is -2.16. The molecular weight excluding hydrogens is 252 g/mol. The largest absolute Gasteiger partial charge is 0.385 e. The van der Waals surface area contributed by atoms with Crippen LogP contribution < -0.4 is 11.3 Å². The molecule has 0 fully saturated rings. The SMILES string of the molecule is CC(C)c1cc(Cn2c(N)cc(=O)[nH]c2=S)on1. The number of hydrogen-bond acceptors (Lipinski definition) is 5. The Morgan fingerprint density at radius 1 is 1.56 bits per heavy atom. The molecule has 2 aromatic rings. The molecule has 96 valence electrons. The van der Waals surface area contributed by atoms with E-state index in [0.717, 1.165) is 5.69 Å². The Morgan fingerprint density at radius 2 is 2.28 bits per heavy atom. The van der Waals surface area contributed by atoms with E-state index < -0.39 is 0 Å². The molecule has 3 N–H and O–H groups in total. The van der Waals surface area contributed by atoms with Crippen LogP contribution in [-0.4, -0.2) is 14.7 Å². The molecule has 0 unspecified atom stereocenters. The smallest absolute Gasteiger partial charge is 0.253 e. The Hall–Kier alpha value is -1.89. The van der Waals surface area contributed by atoms with Gasteiger partial charge in [-0.25, -0.2) is 0 Å². The second kappa shape index (κ2) is 4.77. The fourth-order valence-electron chi connectivity index (χ4n) is 1.53. The number of aromatic nitrogens is 3. The van der Waals surface area contributed by atoms with Gasteiger partial charge in [-0.05, 0) is 18.1 Å². The highest BCUT2D eigenvalue weighted by Gasteiger charge is 2.09. The number of nitrogens with two attached hydrogens (primary N) is 1. The first kappa shape index (κ1) is 12.6. The van der Waals surface area contributed by atoms with Crippen LogP contribution in [0.15, 0.2) is 21.5 Å². The fourth-order valence-corrected chi connectivity index (χ4v) is 1.80. The lowest BCUT2D eigenvalue weighted by molar-refractivity contribution is 0.368. The van der Waals surface area contributed by atoms with E-state index in [1.807, 2.05) is 19.9 Å². The van der Waals surface area contributed by atoms with E-state index >= 15 is 0 Å². The van der Waals surface area contributed by atoms with Crippen molar-refractivity contribution in [3.05, 3.63) is 38.7 Å². The molecule has 0 amide bonds. The molecule has 2 heterocycles. The third-order valence-electron chi connectivity index (χ3n) is 2.55. The summed E-state index contributed by atoms with van der Waals surface area (Å²) in [5, 5.41) is 3.95. The van der Waals surface area contributed by atoms with Crippen molar-refractivity contribution in [2.75, 3.05) is 5.73 Å².